The van der Waals surface area contributed by atoms with Crippen LogP contribution in [-0.4, -0.2) is 0 Å². The van der Waals surface area contributed by atoms with Crippen LogP contribution in [0, 0.1) is 37.1 Å². The topological polar surface area (TPSA) is 0 Å². The molecule has 6 aromatic carbocycles. The van der Waals surface area contributed by atoms with E-state index in [1.165, 1.54) is 24.3 Å². The van der Waals surface area contributed by atoms with Crippen molar-refractivity contribution in [2.45, 2.75) is 13.8 Å². The molecule has 0 saturated heterocycles. The maximum Gasteiger partial charge on any atom is 0.126 e. The van der Waals surface area contributed by atoms with Crippen LogP contribution >= 0.6 is 0 Å². The Labute approximate surface area is 217 Å². The second-order valence-corrected chi connectivity index (χ2v) is 9.61. The lowest BCUT2D eigenvalue weighted by Gasteiger charge is -2.22. The van der Waals surface area contributed by atoms with Crippen molar-refractivity contribution in [2.24, 2.45) is 0 Å². The second-order valence-electron chi connectivity index (χ2n) is 9.61. The normalized spacial score (nSPS) is 11.4. The van der Waals surface area contributed by atoms with E-state index in [4.69, 9.17) is 0 Å². The third kappa shape index (κ3) is 4.03. The minimum atomic E-state index is -0.647. The Bertz CT molecular complexity index is 1710. The molecule has 0 spiro atoms. The molecule has 186 valence electrons. The quantitative estimate of drug-likeness (QED) is 0.210. The van der Waals surface area contributed by atoms with Gasteiger partial charge < -0.3 is 0 Å². The minimum Gasteiger partial charge on any atom is -0.207 e. The third-order valence-electron chi connectivity index (χ3n) is 7.22. The van der Waals surface area contributed by atoms with Gasteiger partial charge in [0.2, 0.25) is 0 Å². The molecule has 0 fully saturated rings. The van der Waals surface area contributed by atoms with Gasteiger partial charge in [-0.1, -0.05) is 48.5 Å². The molecular weight excluding hydrogens is 484 g/mol. The van der Waals surface area contributed by atoms with E-state index in [1.54, 1.807) is 0 Å². The van der Waals surface area contributed by atoms with Crippen molar-refractivity contribution in [3.8, 4) is 33.4 Å². The summed E-state index contributed by atoms with van der Waals surface area (Å²) in [5.41, 5.74) is 5.83. The van der Waals surface area contributed by atoms with Crippen molar-refractivity contribution in [2.75, 3.05) is 0 Å². The zero-order valence-electron chi connectivity index (χ0n) is 20.7. The number of benzene rings is 6. The zero-order valence-corrected chi connectivity index (χ0v) is 20.7. The summed E-state index contributed by atoms with van der Waals surface area (Å²) in [4.78, 5) is 0. The van der Waals surface area contributed by atoms with Gasteiger partial charge in [-0.25, -0.2) is 17.6 Å². The largest absolute Gasteiger partial charge is 0.207 e. The SMILES string of the molecule is Cc1c(-c2cc(F)cc(F)c2)cc2ccccc2c1-c1c(C)c(-c2cc(F)cc(F)c2)cc2ccccc12. The van der Waals surface area contributed by atoms with Crippen LogP contribution in [-0.2, 0) is 0 Å². The van der Waals surface area contributed by atoms with Crippen LogP contribution in [0.4, 0.5) is 17.6 Å². The first kappa shape index (κ1) is 23.9. The predicted molar refractivity (Wildman–Crippen MR) is 147 cm³/mol. The van der Waals surface area contributed by atoms with Gasteiger partial charge in [-0.2, -0.15) is 0 Å². The Hall–Kier alpha value is -4.44. The van der Waals surface area contributed by atoms with E-state index >= 15 is 0 Å². The number of hydrogen-bond donors (Lipinski definition) is 0. The number of rotatable bonds is 3. The van der Waals surface area contributed by atoms with Crippen LogP contribution in [0.1, 0.15) is 11.1 Å². The molecule has 0 saturated carbocycles. The monoisotopic (exact) mass is 506 g/mol. The first-order valence-electron chi connectivity index (χ1n) is 12.3. The Morgan fingerprint density at radius 3 is 1.13 bits per heavy atom. The molecule has 0 atom stereocenters. The highest BCUT2D eigenvalue weighted by atomic mass is 19.1. The zero-order chi connectivity index (χ0) is 26.6. The molecule has 0 N–H and O–H groups in total. The van der Waals surface area contributed by atoms with Gasteiger partial charge in [0.05, 0.1) is 0 Å². The maximum atomic E-state index is 14.3. The van der Waals surface area contributed by atoms with Crippen LogP contribution in [0.15, 0.2) is 97.1 Å². The molecule has 6 aromatic rings. The summed E-state index contributed by atoms with van der Waals surface area (Å²) in [6, 6.07) is 26.7. The Morgan fingerprint density at radius 1 is 0.421 bits per heavy atom. The molecule has 0 aliphatic rings. The lowest BCUT2D eigenvalue weighted by atomic mass is 9.82. The van der Waals surface area contributed by atoms with Crippen molar-refractivity contribution < 1.29 is 17.6 Å². The third-order valence-corrected chi connectivity index (χ3v) is 7.22. The van der Waals surface area contributed by atoms with Gasteiger partial charge in [-0.05, 0) is 116 Å². The summed E-state index contributed by atoms with van der Waals surface area (Å²) in [5, 5.41) is 3.78. The molecule has 0 aliphatic carbocycles. The van der Waals surface area contributed by atoms with E-state index in [0.29, 0.717) is 22.3 Å². The smallest absolute Gasteiger partial charge is 0.126 e. The average Bonchev–Trinajstić information content (AvgIpc) is 2.87. The highest BCUT2D eigenvalue weighted by Gasteiger charge is 2.20. The molecule has 0 aromatic heterocycles. The van der Waals surface area contributed by atoms with Crippen molar-refractivity contribution in [1.82, 2.24) is 0 Å². The molecule has 0 radical (unpaired) electrons. The van der Waals surface area contributed by atoms with Gasteiger partial charge in [0.15, 0.2) is 0 Å². The fourth-order valence-corrected chi connectivity index (χ4v) is 5.56. The molecule has 38 heavy (non-hydrogen) atoms. The van der Waals surface area contributed by atoms with E-state index in [0.717, 1.165) is 55.9 Å². The fraction of sp³-hybridized carbons (Fsp3) is 0.0588. The van der Waals surface area contributed by atoms with Crippen molar-refractivity contribution in [1.29, 1.82) is 0 Å². The van der Waals surface area contributed by atoms with Gasteiger partial charge in [0, 0.05) is 12.1 Å². The number of hydrogen-bond acceptors (Lipinski definition) is 0. The molecule has 0 bridgehead atoms. The maximum absolute atomic E-state index is 14.3. The van der Waals surface area contributed by atoms with E-state index in [-0.39, 0.29) is 0 Å². The summed E-state index contributed by atoms with van der Waals surface area (Å²) in [5.74, 6) is -2.59. The van der Waals surface area contributed by atoms with Gasteiger partial charge in [0.1, 0.15) is 23.3 Å². The van der Waals surface area contributed by atoms with Gasteiger partial charge >= 0.3 is 0 Å². The number of halogens is 4. The molecule has 0 heterocycles. The predicted octanol–water partition coefficient (Wildman–Crippen LogP) is 10.2. The van der Waals surface area contributed by atoms with Crippen LogP contribution in [0.3, 0.4) is 0 Å². The van der Waals surface area contributed by atoms with Gasteiger partial charge in [-0.3, -0.25) is 0 Å². The first-order chi connectivity index (χ1) is 18.3. The van der Waals surface area contributed by atoms with Crippen LogP contribution in [0.2, 0.25) is 0 Å². The fourth-order valence-electron chi connectivity index (χ4n) is 5.56. The first-order valence-corrected chi connectivity index (χ1v) is 12.3. The lowest BCUT2D eigenvalue weighted by molar-refractivity contribution is 0.583. The molecule has 0 nitrogen and oxygen atoms in total. The van der Waals surface area contributed by atoms with E-state index < -0.39 is 23.3 Å². The molecule has 4 heteroatoms. The van der Waals surface area contributed by atoms with Gasteiger partial charge in [0.25, 0.3) is 0 Å². The molecule has 0 aliphatic heterocycles. The van der Waals surface area contributed by atoms with Crippen molar-refractivity contribution in [3.63, 3.8) is 0 Å². The molecule has 0 unspecified atom stereocenters. The molecular formula is C34H22F4. The van der Waals surface area contributed by atoms with E-state index in [1.807, 2.05) is 74.5 Å². The molecule has 6 rings (SSSR count). The lowest BCUT2D eigenvalue weighted by Crippen LogP contribution is -1.97. The van der Waals surface area contributed by atoms with E-state index in [2.05, 4.69) is 0 Å². The Morgan fingerprint density at radius 2 is 0.763 bits per heavy atom. The number of fused-ring (bicyclic) bond motifs is 2. The standard InChI is InChI=1S/C34H22F4/c1-19-31(23-11-25(35)17-26(36)12-23)15-21-7-3-5-9-29(21)33(19)34-20(2)32(16-22-8-4-6-10-30(22)34)24-13-27(37)18-28(38)14-24/h3-18H,1-2H3. The summed E-state index contributed by atoms with van der Waals surface area (Å²) in [6.45, 7) is 3.89. The second kappa shape index (κ2) is 9.14. The van der Waals surface area contributed by atoms with Crippen LogP contribution < -0.4 is 0 Å². The van der Waals surface area contributed by atoms with E-state index in [9.17, 15) is 17.6 Å². The minimum absolute atomic E-state index is 0.442. The van der Waals surface area contributed by atoms with Gasteiger partial charge in [-0.15, -0.1) is 0 Å². The Balaban J connectivity index is 1.77. The van der Waals surface area contributed by atoms with Crippen LogP contribution in [0.5, 0.6) is 0 Å². The summed E-state index contributed by atoms with van der Waals surface area (Å²) < 4.78 is 57.0. The van der Waals surface area contributed by atoms with Crippen LogP contribution in [0.25, 0.3) is 54.9 Å². The summed E-state index contributed by atoms with van der Waals surface area (Å²) in [6.07, 6.45) is 0. The average molecular weight is 507 g/mol. The Kier molecular flexibility index (Phi) is 5.76. The highest BCUT2D eigenvalue weighted by Crippen LogP contribution is 2.45. The summed E-state index contributed by atoms with van der Waals surface area (Å²) in [7, 11) is 0. The highest BCUT2D eigenvalue weighted by molar-refractivity contribution is 6.11. The van der Waals surface area contributed by atoms with Crippen molar-refractivity contribution in [3.05, 3.63) is 131 Å². The molecule has 0 amide bonds. The van der Waals surface area contributed by atoms with Crippen molar-refractivity contribution >= 4 is 21.5 Å². The summed E-state index contributed by atoms with van der Waals surface area (Å²) >= 11 is 0.